The fraction of sp³-hybridized carbons (Fsp3) is 0.636. The first kappa shape index (κ1) is 31.1. The number of hydrogen-bond donors (Lipinski definition) is 1. The SMILES string of the molecule is CC(C)(COC1CO1)c1ccc(C(C)(C)OCC(COO)C(C)(C)c2ccc(C(C)(C)COC3CO3)cc2)cc1. The number of epoxide rings is 2. The zero-order chi connectivity index (χ0) is 29.2. The zero-order valence-corrected chi connectivity index (χ0v) is 25.5. The Morgan fingerprint density at radius 1 is 0.675 bits per heavy atom. The van der Waals surface area contributed by atoms with Gasteiger partial charge in [-0.15, -0.1) is 0 Å². The summed E-state index contributed by atoms with van der Waals surface area (Å²) in [5, 5.41) is 9.44. The summed E-state index contributed by atoms with van der Waals surface area (Å²) in [6.45, 7) is 20.4. The highest BCUT2D eigenvalue weighted by Gasteiger charge is 2.35. The van der Waals surface area contributed by atoms with Gasteiger partial charge in [-0.25, -0.2) is 4.89 Å². The second kappa shape index (κ2) is 12.2. The highest BCUT2D eigenvalue weighted by Crippen LogP contribution is 2.37. The smallest absolute Gasteiger partial charge is 0.181 e. The molecule has 2 heterocycles. The average molecular weight is 557 g/mol. The maximum atomic E-state index is 9.44. The van der Waals surface area contributed by atoms with Gasteiger partial charge in [-0.3, -0.25) is 5.26 Å². The molecule has 7 nitrogen and oxygen atoms in total. The van der Waals surface area contributed by atoms with Crippen molar-refractivity contribution in [3.05, 3.63) is 70.8 Å². The molecule has 2 fully saturated rings. The van der Waals surface area contributed by atoms with Crippen LogP contribution in [-0.4, -0.2) is 57.5 Å². The van der Waals surface area contributed by atoms with E-state index in [9.17, 15) is 5.26 Å². The molecule has 2 aliphatic rings. The van der Waals surface area contributed by atoms with E-state index in [1.54, 1.807) is 0 Å². The molecule has 3 atom stereocenters. The van der Waals surface area contributed by atoms with Crippen molar-refractivity contribution in [3.8, 4) is 0 Å². The summed E-state index contributed by atoms with van der Waals surface area (Å²) in [6.07, 6.45) is -0.0920. The zero-order valence-electron chi connectivity index (χ0n) is 25.5. The Morgan fingerprint density at radius 2 is 1.07 bits per heavy atom. The van der Waals surface area contributed by atoms with Gasteiger partial charge in [0.2, 0.25) is 0 Å². The van der Waals surface area contributed by atoms with Crippen LogP contribution in [0, 0.1) is 5.92 Å². The van der Waals surface area contributed by atoms with Crippen LogP contribution in [0.4, 0.5) is 0 Å². The third-order valence-electron chi connectivity index (χ3n) is 8.58. The Balaban J connectivity index is 1.40. The predicted molar refractivity (Wildman–Crippen MR) is 154 cm³/mol. The molecule has 2 aliphatic heterocycles. The average Bonchev–Trinajstić information content (AvgIpc) is 3.84. The van der Waals surface area contributed by atoms with Crippen LogP contribution in [0.1, 0.15) is 77.6 Å². The van der Waals surface area contributed by atoms with Crippen LogP contribution in [0.3, 0.4) is 0 Å². The summed E-state index contributed by atoms with van der Waals surface area (Å²) >= 11 is 0. The molecule has 222 valence electrons. The Labute approximate surface area is 240 Å². The second-order valence-corrected chi connectivity index (χ2v) is 13.6. The number of benzene rings is 2. The van der Waals surface area contributed by atoms with Gasteiger partial charge in [0.1, 0.15) is 13.2 Å². The minimum atomic E-state index is -0.524. The fourth-order valence-electron chi connectivity index (χ4n) is 4.90. The van der Waals surface area contributed by atoms with Gasteiger partial charge < -0.3 is 23.7 Å². The molecular formula is C33H48O7. The van der Waals surface area contributed by atoms with E-state index in [1.165, 1.54) is 11.1 Å². The molecule has 7 heteroatoms. The normalized spacial score (nSPS) is 20.4. The third kappa shape index (κ3) is 7.91. The monoisotopic (exact) mass is 556 g/mol. The van der Waals surface area contributed by atoms with Gasteiger partial charge in [0, 0.05) is 16.7 Å². The number of ether oxygens (including phenoxy) is 5. The Hall–Kier alpha value is -1.84. The summed E-state index contributed by atoms with van der Waals surface area (Å²) in [6, 6.07) is 17.2. The minimum absolute atomic E-state index is 0.0437. The van der Waals surface area contributed by atoms with E-state index in [0.29, 0.717) is 33.0 Å². The molecule has 3 unspecified atom stereocenters. The van der Waals surface area contributed by atoms with Crippen molar-refractivity contribution in [2.45, 2.75) is 89.8 Å². The predicted octanol–water partition coefficient (Wildman–Crippen LogP) is 6.32. The van der Waals surface area contributed by atoms with Crippen LogP contribution in [0.5, 0.6) is 0 Å². The Kier molecular flexibility index (Phi) is 9.47. The molecule has 0 radical (unpaired) electrons. The van der Waals surface area contributed by atoms with Crippen molar-refractivity contribution >= 4 is 0 Å². The quantitative estimate of drug-likeness (QED) is 0.147. The highest BCUT2D eigenvalue weighted by molar-refractivity contribution is 5.33. The van der Waals surface area contributed by atoms with Gasteiger partial charge in [0.15, 0.2) is 12.6 Å². The van der Waals surface area contributed by atoms with Crippen molar-refractivity contribution < 1.29 is 33.8 Å². The molecule has 4 rings (SSSR count). The molecule has 2 aromatic rings. The first-order chi connectivity index (χ1) is 18.7. The maximum Gasteiger partial charge on any atom is 0.181 e. The molecule has 2 saturated heterocycles. The maximum absolute atomic E-state index is 9.44. The molecule has 0 spiro atoms. The Morgan fingerprint density at radius 3 is 1.48 bits per heavy atom. The molecule has 0 aliphatic carbocycles. The van der Waals surface area contributed by atoms with Crippen molar-refractivity contribution in [3.63, 3.8) is 0 Å². The standard InChI is InChI=1S/C33H48O7/c1-30(2,21-37-28-19-35-28)23-9-13-25(14-10-23)32(5,6)27(18-40-34)17-39-33(7,8)26-15-11-24(12-16-26)31(3,4)22-38-29-20-36-29/h9-16,27-29,34H,17-22H2,1-8H3. The summed E-state index contributed by atoms with van der Waals surface area (Å²) < 4.78 is 28.5. The summed E-state index contributed by atoms with van der Waals surface area (Å²) in [5.74, 6) is -0.0778. The van der Waals surface area contributed by atoms with Gasteiger partial charge in [-0.2, -0.15) is 0 Å². The first-order valence-corrected chi connectivity index (χ1v) is 14.3. The topological polar surface area (TPSA) is 82.2 Å². The second-order valence-electron chi connectivity index (χ2n) is 13.6. The van der Waals surface area contributed by atoms with Crippen molar-refractivity contribution in [2.24, 2.45) is 5.92 Å². The fourth-order valence-corrected chi connectivity index (χ4v) is 4.90. The van der Waals surface area contributed by atoms with Crippen LogP contribution >= 0.6 is 0 Å². The van der Waals surface area contributed by atoms with Gasteiger partial charge in [0.25, 0.3) is 0 Å². The van der Waals surface area contributed by atoms with Gasteiger partial charge in [0.05, 0.1) is 32.0 Å². The summed E-state index contributed by atoms with van der Waals surface area (Å²) in [7, 11) is 0. The van der Waals surface area contributed by atoms with Crippen LogP contribution in [0.2, 0.25) is 0 Å². The van der Waals surface area contributed by atoms with Crippen LogP contribution in [-0.2, 0) is 50.4 Å². The van der Waals surface area contributed by atoms with E-state index in [4.69, 9.17) is 23.7 Å². The molecule has 0 saturated carbocycles. The molecule has 0 amide bonds. The lowest BCUT2D eigenvalue weighted by atomic mass is 9.73. The molecule has 40 heavy (non-hydrogen) atoms. The van der Waals surface area contributed by atoms with Gasteiger partial charge in [-0.05, 0) is 41.5 Å². The lowest BCUT2D eigenvalue weighted by Crippen LogP contribution is -2.38. The van der Waals surface area contributed by atoms with Gasteiger partial charge >= 0.3 is 0 Å². The lowest BCUT2D eigenvalue weighted by molar-refractivity contribution is -0.259. The largest absolute Gasteiger partial charge is 0.370 e. The van der Waals surface area contributed by atoms with Gasteiger partial charge in [-0.1, -0.05) is 90.1 Å². The van der Waals surface area contributed by atoms with Crippen LogP contribution in [0.15, 0.2) is 48.5 Å². The van der Waals surface area contributed by atoms with Crippen molar-refractivity contribution in [1.29, 1.82) is 0 Å². The van der Waals surface area contributed by atoms with E-state index >= 15 is 0 Å². The molecule has 2 aromatic carbocycles. The summed E-state index contributed by atoms with van der Waals surface area (Å²) in [4.78, 5) is 4.69. The highest BCUT2D eigenvalue weighted by atomic mass is 17.1. The van der Waals surface area contributed by atoms with E-state index in [0.717, 1.165) is 11.1 Å². The van der Waals surface area contributed by atoms with Crippen LogP contribution in [0.25, 0.3) is 0 Å². The van der Waals surface area contributed by atoms with E-state index < -0.39 is 5.60 Å². The third-order valence-corrected chi connectivity index (χ3v) is 8.58. The van der Waals surface area contributed by atoms with E-state index in [-0.39, 0.29) is 41.3 Å². The first-order valence-electron chi connectivity index (χ1n) is 14.3. The number of hydrogen-bond acceptors (Lipinski definition) is 7. The molecule has 1 N–H and O–H groups in total. The summed E-state index contributed by atoms with van der Waals surface area (Å²) in [5.41, 5.74) is 3.59. The van der Waals surface area contributed by atoms with E-state index in [2.05, 4.69) is 109 Å². The molecule has 0 bridgehead atoms. The molecule has 0 aromatic heterocycles. The van der Waals surface area contributed by atoms with Crippen molar-refractivity contribution in [2.75, 3.05) is 39.6 Å². The Bertz CT molecular complexity index is 1080. The minimum Gasteiger partial charge on any atom is -0.370 e. The molecular weight excluding hydrogens is 508 g/mol. The number of rotatable bonds is 16. The van der Waals surface area contributed by atoms with Crippen LogP contribution < -0.4 is 0 Å². The van der Waals surface area contributed by atoms with E-state index in [1.807, 2.05) is 0 Å². The van der Waals surface area contributed by atoms with Crippen molar-refractivity contribution in [1.82, 2.24) is 0 Å². The lowest BCUT2D eigenvalue weighted by Gasteiger charge is -2.37.